The number of hydrogen-bond donors (Lipinski definition) is 1. The predicted molar refractivity (Wildman–Crippen MR) is 89.4 cm³/mol. The number of nitrogens with one attached hydrogen (secondary N) is 1. The SMILES string of the molecule is CCCNCc1cc(Br)c(OCc2cc(C)on2)c(Br)c1. The highest BCUT2D eigenvalue weighted by Crippen LogP contribution is 2.35. The van der Waals surface area contributed by atoms with Gasteiger partial charge in [0, 0.05) is 12.6 Å². The lowest BCUT2D eigenvalue weighted by Gasteiger charge is -2.12. The van der Waals surface area contributed by atoms with Crippen molar-refractivity contribution in [2.45, 2.75) is 33.4 Å². The molecule has 0 aliphatic rings. The maximum atomic E-state index is 5.81. The first-order valence-corrected chi connectivity index (χ1v) is 8.42. The van der Waals surface area contributed by atoms with Gasteiger partial charge in [0.15, 0.2) is 0 Å². The summed E-state index contributed by atoms with van der Waals surface area (Å²) in [5.74, 6) is 1.55. The number of nitrogens with zero attached hydrogens (tertiary/aromatic N) is 1. The zero-order valence-electron chi connectivity index (χ0n) is 12.1. The van der Waals surface area contributed by atoms with Gasteiger partial charge in [-0.2, -0.15) is 0 Å². The van der Waals surface area contributed by atoms with Gasteiger partial charge in [0.1, 0.15) is 23.8 Å². The summed E-state index contributed by atoms with van der Waals surface area (Å²) in [5, 5.41) is 7.30. The van der Waals surface area contributed by atoms with Crippen LogP contribution in [0, 0.1) is 6.92 Å². The van der Waals surface area contributed by atoms with Crippen LogP contribution in [0.1, 0.15) is 30.4 Å². The highest BCUT2D eigenvalue weighted by atomic mass is 79.9. The number of halogens is 2. The molecule has 1 aromatic carbocycles. The van der Waals surface area contributed by atoms with Gasteiger partial charge in [0.25, 0.3) is 0 Å². The molecule has 0 fully saturated rings. The van der Waals surface area contributed by atoms with E-state index >= 15 is 0 Å². The Kier molecular flexibility index (Phi) is 6.26. The van der Waals surface area contributed by atoms with Gasteiger partial charge in [-0.15, -0.1) is 0 Å². The minimum absolute atomic E-state index is 0.377. The molecule has 0 radical (unpaired) electrons. The molecule has 0 spiro atoms. The Morgan fingerprint density at radius 3 is 2.52 bits per heavy atom. The average molecular weight is 418 g/mol. The van der Waals surface area contributed by atoms with Crippen molar-refractivity contribution in [3.63, 3.8) is 0 Å². The minimum atomic E-state index is 0.377. The van der Waals surface area contributed by atoms with Crippen molar-refractivity contribution in [1.82, 2.24) is 10.5 Å². The molecular weight excluding hydrogens is 400 g/mol. The molecule has 2 rings (SSSR count). The van der Waals surface area contributed by atoms with Crippen molar-refractivity contribution in [2.75, 3.05) is 6.54 Å². The van der Waals surface area contributed by atoms with E-state index in [0.717, 1.165) is 45.7 Å². The monoisotopic (exact) mass is 416 g/mol. The van der Waals surface area contributed by atoms with Gasteiger partial charge in [-0.25, -0.2) is 0 Å². The Bertz CT molecular complexity index is 576. The van der Waals surface area contributed by atoms with E-state index < -0.39 is 0 Å². The first-order valence-electron chi connectivity index (χ1n) is 6.83. The van der Waals surface area contributed by atoms with Crippen LogP contribution in [0.3, 0.4) is 0 Å². The number of rotatable bonds is 7. The maximum Gasteiger partial charge on any atom is 0.148 e. The van der Waals surface area contributed by atoms with E-state index in [4.69, 9.17) is 9.26 Å². The topological polar surface area (TPSA) is 47.3 Å². The fraction of sp³-hybridized carbons (Fsp3) is 0.400. The quantitative estimate of drug-likeness (QED) is 0.669. The molecule has 0 bridgehead atoms. The molecule has 0 aliphatic heterocycles. The minimum Gasteiger partial charge on any atom is -0.485 e. The van der Waals surface area contributed by atoms with E-state index in [1.807, 2.05) is 13.0 Å². The summed E-state index contributed by atoms with van der Waals surface area (Å²) in [6.45, 7) is 6.25. The Hall–Kier alpha value is -0.850. The van der Waals surface area contributed by atoms with E-state index in [2.05, 4.69) is 61.4 Å². The summed E-state index contributed by atoms with van der Waals surface area (Å²) >= 11 is 7.12. The molecule has 0 unspecified atom stereocenters. The van der Waals surface area contributed by atoms with Crippen molar-refractivity contribution in [3.8, 4) is 5.75 Å². The fourth-order valence-corrected chi connectivity index (χ4v) is 3.40. The molecule has 4 nitrogen and oxygen atoms in total. The summed E-state index contributed by atoms with van der Waals surface area (Å²) in [4.78, 5) is 0. The molecule has 6 heteroatoms. The number of aryl methyl sites for hydroxylation is 1. The molecule has 21 heavy (non-hydrogen) atoms. The van der Waals surface area contributed by atoms with Crippen molar-refractivity contribution in [3.05, 3.63) is 44.2 Å². The zero-order chi connectivity index (χ0) is 15.2. The van der Waals surface area contributed by atoms with E-state index in [1.165, 1.54) is 5.56 Å². The first kappa shape index (κ1) is 16.5. The average Bonchev–Trinajstić information content (AvgIpc) is 2.84. The van der Waals surface area contributed by atoms with Gasteiger partial charge in [0.05, 0.1) is 8.95 Å². The molecule has 2 aromatic rings. The summed E-state index contributed by atoms with van der Waals surface area (Å²) in [5.41, 5.74) is 1.98. The van der Waals surface area contributed by atoms with Crippen LogP contribution in [0.5, 0.6) is 5.75 Å². The molecule has 1 aromatic heterocycles. The van der Waals surface area contributed by atoms with Crippen LogP contribution < -0.4 is 10.1 Å². The van der Waals surface area contributed by atoms with E-state index in [1.54, 1.807) is 0 Å². The smallest absolute Gasteiger partial charge is 0.148 e. The third kappa shape index (κ3) is 4.83. The third-order valence-corrected chi connectivity index (χ3v) is 4.03. The van der Waals surface area contributed by atoms with Gasteiger partial charge < -0.3 is 14.6 Å². The Morgan fingerprint density at radius 2 is 1.95 bits per heavy atom. The maximum absolute atomic E-state index is 5.81. The standard InChI is InChI=1S/C15H18Br2N2O2/c1-3-4-18-8-11-6-13(16)15(14(17)7-11)20-9-12-5-10(2)21-19-12/h5-7,18H,3-4,8-9H2,1-2H3. The van der Waals surface area contributed by atoms with Crippen molar-refractivity contribution in [2.24, 2.45) is 0 Å². The van der Waals surface area contributed by atoms with E-state index in [0.29, 0.717) is 6.61 Å². The van der Waals surface area contributed by atoms with Crippen LogP contribution in [0.4, 0.5) is 0 Å². The highest BCUT2D eigenvalue weighted by molar-refractivity contribution is 9.11. The Morgan fingerprint density at radius 1 is 1.24 bits per heavy atom. The van der Waals surface area contributed by atoms with E-state index in [-0.39, 0.29) is 0 Å². The number of ether oxygens (including phenoxy) is 1. The van der Waals surface area contributed by atoms with Crippen LogP contribution in [0.15, 0.2) is 31.7 Å². The third-order valence-electron chi connectivity index (χ3n) is 2.86. The summed E-state index contributed by atoms with van der Waals surface area (Å²) in [6, 6.07) is 6.00. The number of aromatic nitrogens is 1. The lowest BCUT2D eigenvalue weighted by Crippen LogP contribution is -2.13. The van der Waals surface area contributed by atoms with Crippen molar-refractivity contribution in [1.29, 1.82) is 0 Å². The van der Waals surface area contributed by atoms with Gasteiger partial charge in [0.2, 0.25) is 0 Å². The highest BCUT2D eigenvalue weighted by Gasteiger charge is 2.10. The number of benzene rings is 1. The molecule has 114 valence electrons. The van der Waals surface area contributed by atoms with Crippen molar-refractivity contribution < 1.29 is 9.26 Å². The predicted octanol–water partition coefficient (Wildman–Crippen LogP) is 4.59. The van der Waals surface area contributed by atoms with Crippen LogP contribution >= 0.6 is 31.9 Å². The summed E-state index contributed by atoms with van der Waals surface area (Å²) in [6.07, 6.45) is 1.13. The molecule has 0 aliphatic carbocycles. The van der Waals surface area contributed by atoms with Crippen LogP contribution in [-0.4, -0.2) is 11.7 Å². The molecule has 0 amide bonds. The van der Waals surface area contributed by atoms with Crippen LogP contribution in [-0.2, 0) is 13.2 Å². The second kappa shape index (κ2) is 7.96. The lowest BCUT2D eigenvalue weighted by atomic mass is 10.2. The zero-order valence-corrected chi connectivity index (χ0v) is 15.3. The Balaban J connectivity index is 2.02. The Labute approximate surface area is 141 Å². The van der Waals surface area contributed by atoms with E-state index in [9.17, 15) is 0 Å². The first-order chi connectivity index (χ1) is 10.1. The lowest BCUT2D eigenvalue weighted by molar-refractivity contribution is 0.284. The molecule has 0 saturated heterocycles. The largest absolute Gasteiger partial charge is 0.485 e. The van der Waals surface area contributed by atoms with Gasteiger partial charge in [-0.3, -0.25) is 0 Å². The molecule has 1 heterocycles. The normalized spacial score (nSPS) is 10.9. The summed E-state index contributed by atoms with van der Waals surface area (Å²) in [7, 11) is 0. The molecule has 1 N–H and O–H groups in total. The second-order valence-electron chi connectivity index (χ2n) is 4.78. The molecule has 0 atom stereocenters. The van der Waals surface area contributed by atoms with Gasteiger partial charge in [-0.1, -0.05) is 12.1 Å². The number of hydrogen-bond acceptors (Lipinski definition) is 4. The second-order valence-corrected chi connectivity index (χ2v) is 6.49. The van der Waals surface area contributed by atoms with Crippen LogP contribution in [0.2, 0.25) is 0 Å². The van der Waals surface area contributed by atoms with Gasteiger partial charge in [-0.05, 0) is 69.4 Å². The van der Waals surface area contributed by atoms with Crippen molar-refractivity contribution >= 4 is 31.9 Å². The van der Waals surface area contributed by atoms with Gasteiger partial charge >= 0.3 is 0 Å². The summed E-state index contributed by atoms with van der Waals surface area (Å²) < 4.78 is 12.7. The fourth-order valence-electron chi connectivity index (χ4n) is 1.89. The van der Waals surface area contributed by atoms with Crippen LogP contribution in [0.25, 0.3) is 0 Å². The molecule has 0 saturated carbocycles. The molecular formula is C15H18Br2N2O2.